The van der Waals surface area contributed by atoms with E-state index in [9.17, 15) is 5.11 Å². The van der Waals surface area contributed by atoms with Crippen molar-refractivity contribution in [1.82, 2.24) is 9.88 Å². The number of benzene rings is 1. The summed E-state index contributed by atoms with van der Waals surface area (Å²) in [5.74, 6) is 0.334. The van der Waals surface area contributed by atoms with Crippen LogP contribution >= 0.6 is 39.3 Å². The van der Waals surface area contributed by atoms with Crippen molar-refractivity contribution < 1.29 is 9.84 Å². The molecule has 2 aliphatic rings. The minimum Gasteiger partial charge on any atom is -0.503 e. The predicted octanol–water partition coefficient (Wildman–Crippen LogP) is 5.19. The first-order chi connectivity index (χ1) is 13.0. The molecule has 0 radical (unpaired) electrons. The van der Waals surface area contributed by atoms with Gasteiger partial charge in [-0.15, -0.1) is 0 Å². The molecule has 3 unspecified atom stereocenters. The highest BCUT2D eigenvalue weighted by Crippen LogP contribution is 2.52. The van der Waals surface area contributed by atoms with Gasteiger partial charge >= 0.3 is 0 Å². The molecule has 4 rings (SSSR count). The molecule has 0 aliphatic carbocycles. The summed E-state index contributed by atoms with van der Waals surface area (Å²) < 4.78 is 6.28. The SMILES string of the molecule is CCOc1cc(C2C(c3ccccn3)N=C3SC(C)CN32)c(Br)c(Cl)c1O. The number of amidine groups is 1. The van der Waals surface area contributed by atoms with Crippen LogP contribution in [0.15, 0.2) is 39.9 Å². The van der Waals surface area contributed by atoms with Gasteiger partial charge in [0.1, 0.15) is 11.1 Å². The van der Waals surface area contributed by atoms with Crippen molar-refractivity contribution in [2.75, 3.05) is 13.2 Å². The molecule has 142 valence electrons. The number of phenols is 1. The van der Waals surface area contributed by atoms with E-state index >= 15 is 0 Å². The first-order valence-corrected chi connectivity index (χ1v) is 10.8. The standard InChI is InChI=1S/C19H19BrClN3O2S/c1-3-26-13-8-11(14(20)15(21)18(13)25)17-16(12-6-4-5-7-22-12)23-19-24(17)9-10(2)27-19/h4-8,10,16-17,25H,3,9H2,1-2H3. The maximum atomic E-state index is 10.3. The highest BCUT2D eigenvalue weighted by atomic mass is 79.9. The molecule has 3 heterocycles. The van der Waals surface area contributed by atoms with Gasteiger partial charge in [-0.05, 0) is 46.6 Å². The molecule has 2 aliphatic heterocycles. The number of phenolic OH excluding ortho intramolecular Hbond substituents is 1. The van der Waals surface area contributed by atoms with Crippen molar-refractivity contribution in [2.24, 2.45) is 4.99 Å². The Balaban J connectivity index is 1.85. The van der Waals surface area contributed by atoms with E-state index in [1.807, 2.05) is 31.2 Å². The Bertz CT molecular complexity index is 896. The number of rotatable bonds is 4. The van der Waals surface area contributed by atoms with Crippen LogP contribution in [0.1, 0.15) is 37.2 Å². The number of nitrogens with zero attached hydrogens (tertiary/aromatic N) is 3. The molecule has 0 bridgehead atoms. The van der Waals surface area contributed by atoms with Gasteiger partial charge in [0.15, 0.2) is 16.7 Å². The number of hydrogen-bond acceptors (Lipinski definition) is 6. The summed E-state index contributed by atoms with van der Waals surface area (Å²) in [6, 6.07) is 7.52. The fraction of sp³-hybridized carbons (Fsp3) is 0.368. The second-order valence-electron chi connectivity index (χ2n) is 6.51. The number of pyridine rings is 1. The Morgan fingerprint density at radius 3 is 2.96 bits per heavy atom. The smallest absolute Gasteiger partial charge is 0.177 e. The molecule has 0 spiro atoms. The van der Waals surface area contributed by atoms with E-state index in [1.54, 1.807) is 18.0 Å². The number of aromatic hydroxyl groups is 1. The van der Waals surface area contributed by atoms with E-state index in [2.05, 4.69) is 32.7 Å². The van der Waals surface area contributed by atoms with Crippen molar-refractivity contribution in [1.29, 1.82) is 0 Å². The molecule has 0 saturated carbocycles. The minimum absolute atomic E-state index is 0.0492. The third-order valence-electron chi connectivity index (χ3n) is 4.67. The number of halogens is 2. The van der Waals surface area contributed by atoms with Gasteiger partial charge in [-0.1, -0.05) is 36.4 Å². The normalized spacial score (nSPS) is 24.1. The number of aromatic nitrogens is 1. The number of ether oxygens (including phenoxy) is 1. The van der Waals surface area contributed by atoms with Crippen LogP contribution in [0.25, 0.3) is 0 Å². The second-order valence-corrected chi connectivity index (χ2v) is 9.09. The molecule has 1 aromatic heterocycles. The van der Waals surface area contributed by atoms with E-state index < -0.39 is 0 Å². The molecule has 1 saturated heterocycles. The number of fused-ring (bicyclic) bond motifs is 1. The highest BCUT2D eigenvalue weighted by Gasteiger charge is 2.44. The quantitative estimate of drug-likeness (QED) is 0.669. The topological polar surface area (TPSA) is 58.0 Å². The van der Waals surface area contributed by atoms with Crippen LogP contribution in [-0.2, 0) is 0 Å². The monoisotopic (exact) mass is 467 g/mol. The van der Waals surface area contributed by atoms with E-state index in [0.717, 1.165) is 23.0 Å². The van der Waals surface area contributed by atoms with Gasteiger partial charge in [0.05, 0.1) is 18.3 Å². The zero-order valence-electron chi connectivity index (χ0n) is 14.9. The summed E-state index contributed by atoms with van der Waals surface area (Å²) in [6.45, 7) is 5.41. The highest BCUT2D eigenvalue weighted by molar-refractivity contribution is 9.10. The molecule has 5 nitrogen and oxygen atoms in total. The van der Waals surface area contributed by atoms with Crippen LogP contribution < -0.4 is 4.74 Å². The minimum atomic E-state index is -0.146. The number of thioether (sulfide) groups is 1. The maximum Gasteiger partial charge on any atom is 0.177 e. The van der Waals surface area contributed by atoms with Crippen LogP contribution in [0.2, 0.25) is 5.02 Å². The molecule has 1 N–H and O–H groups in total. The molecular formula is C19H19BrClN3O2S. The molecule has 2 aromatic rings. The maximum absolute atomic E-state index is 10.3. The molecule has 0 amide bonds. The number of aliphatic imine (C=N–C) groups is 1. The van der Waals surface area contributed by atoms with Gasteiger partial charge < -0.3 is 14.7 Å². The van der Waals surface area contributed by atoms with Gasteiger partial charge in [-0.3, -0.25) is 9.98 Å². The summed E-state index contributed by atoms with van der Waals surface area (Å²) in [5, 5.41) is 12.1. The lowest BCUT2D eigenvalue weighted by Crippen LogP contribution is -2.29. The lowest BCUT2D eigenvalue weighted by atomic mass is 9.96. The number of hydrogen-bond donors (Lipinski definition) is 1. The Labute approximate surface area is 175 Å². The third-order valence-corrected chi connectivity index (χ3v) is 7.23. The Morgan fingerprint density at radius 1 is 1.44 bits per heavy atom. The average molecular weight is 469 g/mol. The Kier molecular flexibility index (Phi) is 5.27. The van der Waals surface area contributed by atoms with E-state index in [4.69, 9.17) is 21.3 Å². The van der Waals surface area contributed by atoms with Crippen LogP contribution in [0, 0.1) is 0 Å². The Hall–Kier alpha value is -1.44. The van der Waals surface area contributed by atoms with Crippen LogP contribution in [0.5, 0.6) is 11.5 Å². The lowest BCUT2D eigenvalue weighted by molar-refractivity contribution is 0.306. The summed E-state index contributed by atoms with van der Waals surface area (Å²) in [5.41, 5.74) is 1.84. The van der Waals surface area contributed by atoms with Gasteiger partial charge in [-0.25, -0.2) is 0 Å². The predicted molar refractivity (Wildman–Crippen MR) is 113 cm³/mol. The summed E-state index contributed by atoms with van der Waals surface area (Å²) in [7, 11) is 0. The summed E-state index contributed by atoms with van der Waals surface area (Å²) in [6.07, 6.45) is 1.79. The van der Waals surface area contributed by atoms with Crippen molar-refractivity contribution in [3.63, 3.8) is 0 Å². The van der Waals surface area contributed by atoms with Crippen LogP contribution in [-0.4, -0.2) is 38.6 Å². The second kappa shape index (κ2) is 7.53. The summed E-state index contributed by atoms with van der Waals surface area (Å²) >= 11 is 11.8. The zero-order chi connectivity index (χ0) is 19.1. The lowest BCUT2D eigenvalue weighted by Gasteiger charge is -2.29. The third kappa shape index (κ3) is 3.30. The molecular weight excluding hydrogens is 450 g/mol. The fourth-order valence-electron chi connectivity index (χ4n) is 3.55. The fourth-order valence-corrected chi connectivity index (χ4v) is 5.38. The average Bonchev–Trinajstić information content (AvgIpc) is 3.19. The first-order valence-electron chi connectivity index (χ1n) is 8.77. The summed E-state index contributed by atoms with van der Waals surface area (Å²) in [4.78, 5) is 11.8. The van der Waals surface area contributed by atoms with Gasteiger partial charge in [-0.2, -0.15) is 0 Å². The molecule has 3 atom stereocenters. The van der Waals surface area contributed by atoms with Crippen molar-refractivity contribution >= 4 is 44.5 Å². The van der Waals surface area contributed by atoms with Crippen molar-refractivity contribution in [3.05, 3.63) is 51.2 Å². The van der Waals surface area contributed by atoms with E-state index in [1.165, 1.54) is 0 Å². The molecule has 27 heavy (non-hydrogen) atoms. The Morgan fingerprint density at radius 2 is 2.26 bits per heavy atom. The van der Waals surface area contributed by atoms with E-state index in [0.29, 0.717) is 22.1 Å². The van der Waals surface area contributed by atoms with Crippen molar-refractivity contribution in [3.8, 4) is 11.5 Å². The largest absolute Gasteiger partial charge is 0.503 e. The molecule has 1 aromatic carbocycles. The zero-order valence-corrected chi connectivity index (χ0v) is 18.1. The van der Waals surface area contributed by atoms with E-state index in [-0.39, 0.29) is 22.9 Å². The van der Waals surface area contributed by atoms with Crippen LogP contribution in [0.3, 0.4) is 0 Å². The van der Waals surface area contributed by atoms with Gasteiger partial charge in [0.25, 0.3) is 0 Å². The van der Waals surface area contributed by atoms with Gasteiger partial charge in [0.2, 0.25) is 0 Å². The molecule has 8 heteroatoms. The first kappa shape index (κ1) is 18.9. The van der Waals surface area contributed by atoms with Gasteiger partial charge in [0, 0.05) is 22.5 Å². The van der Waals surface area contributed by atoms with Crippen molar-refractivity contribution in [2.45, 2.75) is 31.2 Å². The van der Waals surface area contributed by atoms with Crippen LogP contribution in [0.4, 0.5) is 0 Å². The molecule has 1 fully saturated rings.